The molecule has 0 aromatic heterocycles. The third kappa shape index (κ3) is 5.65. The molecule has 1 amide bonds. The summed E-state index contributed by atoms with van der Waals surface area (Å²) in [6, 6.07) is 23.1. The van der Waals surface area contributed by atoms with Gasteiger partial charge in [0.05, 0.1) is 11.5 Å². The summed E-state index contributed by atoms with van der Waals surface area (Å²) in [7, 11) is -2.85. The van der Waals surface area contributed by atoms with Gasteiger partial charge < -0.3 is 24.3 Å². The van der Waals surface area contributed by atoms with Gasteiger partial charge in [-0.05, 0) is 31.2 Å². The van der Waals surface area contributed by atoms with Gasteiger partial charge in [-0.3, -0.25) is 8.98 Å². The average molecular weight is 540 g/mol. The Labute approximate surface area is 221 Å². The molecule has 9 nitrogen and oxygen atoms in total. The molecule has 2 aliphatic heterocycles. The smallest absolute Gasteiger partial charge is 0.297 e. The molecule has 3 aromatic carbocycles. The summed E-state index contributed by atoms with van der Waals surface area (Å²) in [5.74, 6) is -0.437. The molecule has 0 radical (unpaired) electrons. The SMILES string of the molecule is CO[C@@H]1O[C@@H]2CO[C@@H](c3ccccc3)O[C@@H]2[C@H](OS(=O)(=O)c2ccc(C)cc2)[C@@H]1NC(=O)c1ccccc1. The number of rotatable bonds is 7. The molecule has 2 aliphatic rings. The Bertz CT molecular complexity index is 1330. The standard InChI is InChI=1S/C28H29NO8S/c1-18-13-15-21(16-14-18)38(31,32)37-25-23(29-26(30)19-9-5-3-6-10-19)28(33-2)35-22-17-34-27(36-24(22)25)20-11-7-4-8-12-20/h3-16,22-25,27-28H,17H2,1-2H3,(H,29,30)/t22-,23+,24+,25-,27-,28-/m1/s1. The van der Waals surface area contributed by atoms with Crippen LogP contribution in [-0.2, 0) is 33.2 Å². The molecule has 0 saturated carbocycles. The van der Waals surface area contributed by atoms with Crippen LogP contribution in [-0.4, -0.2) is 58.7 Å². The number of ether oxygens (including phenoxy) is 4. The molecule has 5 rings (SSSR count). The second-order valence-electron chi connectivity index (χ2n) is 9.15. The van der Waals surface area contributed by atoms with Gasteiger partial charge in [-0.2, -0.15) is 8.42 Å². The predicted octanol–water partition coefficient (Wildman–Crippen LogP) is 3.35. The summed E-state index contributed by atoms with van der Waals surface area (Å²) >= 11 is 0. The van der Waals surface area contributed by atoms with E-state index in [0.717, 1.165) is 11.1 Å². The van der Waals surface area contributed by atoms with E-state index in [1.165, 1.54) is 19.2 Å². The van der Waals surface area contributed by atoms with Crippen molar-refractivity contribution >= 4 is 16.0 Å². The van der Waals surface area contributed by atoms with E-state index in [-0.39, 0.29) is 11.5 Å². The molecular formula is C28H29NO8S. The van der Waals surface area contributed by atoms with E-state index in [4.69, 9.17) is 23.1 Å². The van der Waals surface area contributed by atoms with Crippen LogP contribution in [0.25, 0.3) is 0 Å². The van der Waals surface area contributed by atoms with Gasteiger partial charge in [0.15, 0.2) is 12.6 Å². The largest absolute Gasteiger partial charge is 0.354 e. The molecule has 6 atom stereocenters. The Balaban J connectivity index is 1.50. The molecule has 0 bridgehead atoms. The zero-order valence-electron chi connectivity index (χ0n) is 20.9. The van der Waals surface area contributed by atoms with Gasteiger partial charge in [-0.25, -0.2) is 0 Å². The average Bonchev–Trinajstić information content (AvgIpc) is 2.95. The molecule has 2 fully saturated rings. The first-order chi connectivity index (χ1) is 18.4. The number of hydrogen-bond donors (Lipinski definition) is 1. The number of carbonyl (C=O) groups is 1. The minimum absolute atomic E-state index is 0.0140. The molecular weight excluding hydrogens is 510 g/mol. The van der Waals surface area contributed by atoms with E-state index in [1.807, 2.05) is 37.3 Å². The Morgan fingerprint density at radius 1 is 0.921 bits per heavy atom. The van der Waals surface area contributed by atoms with Crippen molar-refractivity contribution in [1.29, 1.82) is 0 Å². The Morgan fingerprint density at radius 3 is 2.24 bits per heavy atom. The molecule has 0 spiro atoms. The van der Waals surface area contributed by atoms with Gasteiger partial charge in [-0.15, -0.1) is 0 Å². The van der Waals surface area contributed by atoms with Gasteiger partial charge in [-0.1, -0.05) is 66.2 Å². The lowest BCUT2D eigenvalue weighted by molar-refractivity contribution is -0.337. The van der Waals surface area contributed by atoms with Crippen LogP contribution in [0.1, 0.15) is 27.8 Å². The topological polar surface area (TPSA) is 109 Å². The van der Waals surface area contributed by atoms with Crippen molar-refractivity contribution in [1.82, 2.24) is 5.32 Å². The number of amides is 1. The van der Waals surface area contributed by atoms with Crippen LogP contribution in [0.3, 0.4) is 0 Å². The molecule has 1 N–H and O–H groups in total. The molecule has 38 heavy (non-hydrogen) atoms. The maximum atomic E-state index is 13.4. The first kappa shape index (κ1) is 26.5. The zero-order chi connectivity index (χ0) is 26.7. The number of benzene rings is 3. The second-order valence-corrected chi connectivity index (χ2v) is 10.7. The molecule has 3 aromatic rings. The van der Waals surface area contributed by atoms with Crippen LogP contribution in [0.15, 0.2) is 89.8 Å². The Hall–Kier alpha value is -3.12. The van der Waals surface area contributed by atoms with Crippen LogP contribution in [0, 0.1) is 6.92 Å². The van der Waals surface area contributed by atoms with Crippen LogP contribution >= 0.6 is 0 Å². The van der Waals surface area contributed by atoms with Crippen LogP contribution < -0.4 is 5.32 Å². The van der Waals surface area contributed by atoms with E-state index in [0.29, 0.717) is 5.56 Å². The van der Waals surface area contributed by atoms with Crippen molar-refractivity contribution in [3.05, 3.63) is 102 Å². The van der Waals surface area contributed by atoms with Gasteiger partial charge in [0.25, 0.3) is 16.0 Å². The molecule has 0 unspecified atom stereocenters. The third-order valence-electron chi connectivity index (χ3n) is 6.52. The van der Waals surface area contributed by atoms with Crippen molar-refractivity contribution in [2.45, 2.75) is 48.8 Å². The third-order valence-corrected chi connectivity index (χ3v) is 7.85. The predicted molar refractivity (Wildman–Crippen MR) is 137 cm³/mol. The number of aryl methyl sites for hydroxylation is 1. The van der Waals surface area contributed by atoms with Crippen LogP contribution in [0.4, 0.5) is 0 Å². The minimum Gasteiger partial charge on any atom is -0.354 e. The number of fused-ring (bicyclic) bond motifs is 1. The Kier molecular flexibility index (Phi) is 7.89. The summed E-state index contributed by atoms with van der Waals surface area (Å²) in [5, 5.41) is 2.86. The normalized spacial score (nSPS) is 27.3. The number of hydrogen-bond acceptors (Lipinski definition) is 8. The second kappa shape index (κ2) is 11.3. The Morgan fingerprint density at radius 2 is 1.58 bits per heavy atom. The lowest BCUT2D eigenvalue weighted by Gasteiger charge is -2.48. The zero-order valence-corrected chi connectivity index (χ0v) is 21.7. The van der Waals surface area contributed by atoms with Crippen molar-refractivity contribution in [2.75, 3.05) is 13.7 Å². The lowest BCUT2D eigenvalue weighted by Crippen LogP contribution is -2.67. The highest BCUT2D eigenvalue weighted by Gasteiger charge is 2.53. The van der Waals surface area contributed by atoms with E-state index >= 15 is 0 Å². The van der Waals surface area contributed by atoms with E-state index < -0.39 is 53.0 Å². The quantitative estimate of drug-likeness (QED) is 0.456. The van der Waals surface area contributed by atoms with Gasteiger partial charge >= 0.3 is 0 Å². The monoisotopic (exact) mass is 539 g/mol. The highest BCUT2D eigenvalue weighted by molar-refractivity contribution is 7.86. The van der Waals surface area contributed by atoms with Crippen LogP contribution in [0.5, 0.6) is 0 Å². The van der Waals surface area contributed by atoms with Crippen molar-refractivity contribution in [2.24, 2.45) is 0 Å². The van der Waals surface area contributed by atoms with Gasteiger partial charge in [0, 0.05) is 18.2 Å². The molecule has 10 heteroatoms. The van der Waals surface area contributed by atoms with E-state index in [2.05, 4.69) is 5.32 Å². The number of methoxy groups -OCH3 is 1. The summed E-state index contributed by atoms with van der Waals surface area (Å²) in [6.45, 7) is 1.96. The summed E-state index contributed by atoms with van der Waals surface area (Å²) in [6.07, 6.45) is -4.60. The van der Waals surface area contributed by atoms with Crippen molar-refractivity contribution in [3.8, 4) is 0 Å². The maximum absolute atomic E-state index is 13.4. The minimum atomic E-state index is -4.26. The number of carbonyl (C=O) groups excluding carboxylic acids is 1. The van der Waals surface area contributed by atoms with Crippen LogP contribution in [0.2, 0.25) is 0 Å². The van der Waals surface area contributed by atoms with Crippen molar-refractivity contribution < 1.29 is 36.3 Å². The summed E-state index contributed by atoms with van der Waals surface area (Å²) in [5.41, 5.74) is 2.05. The molecule has 2 heterocycles. The van der Waals surface area contributed by atoms with E-state index in [1.54, 1.807) is 42.5 Å². The fourth-order valence-corrected chi connectivity index (χ4v) is 5.65. The fourth-order valence-electron chi connectivity index (χ4n) is 4.55. The van der Waals surface area contributed by atoms with Gasteiger partial charge in [0.2, 0.25) is 0 Å². The lowest BCUT2D eigenvalue weighted by atomic mass is 9.95. The highest BCUT2D eigenvalue weighted by atomic mass is 32.2. The summed E-state index contributed by atoms with van der Waals surface area (Å²) in [4.78, 5) is 13.1. The number of nitrogens with one attached hydrogen (secondary N) is 1. The summed E-state index contributed by atoms with van der Waals surface area (Å²) < 4.78 is 56.5. The first-order valence-electron chi connectivity index (χ1n) is 12.2. The maximum Gasteiger partial charge on any atom is 0.297 e. The highest BCUT2D eigenvalue weighted by Crippen LogP contribution is 2.37. The van der Waals surface area contributed by atoms with E-state index in [9.17, 15) is 13.2 Å². The molecule has 200 valence electrons. The molecule has 0 aliphatic carbocycles. The first-order valence-corrected chi connectivity index (χ1v) is 13.6. The van der Waals surface area contributed by atoms with Crippen molar-refractivity contribution in [3.63, 3.8) is 0 Å². The fraction of sp³-hybridized carbons (Fsp3) is 0.321. The molecule has 2 saturated heterocycles. The van der Waals surface area contributed by atoms with Gasteiger partial charge in [0.1, 0.15) is 24.4 Å².